The molecule has 0 spiro atoms. The Labute approximate surface area is 119 Å². The fourth-order valence-electron chi connectivity index (χ4n) is 1.25. The number of nitrogens with one attached hydrogen (secondary N) is 1. The van der Waals surface area contributed by atoms with Crippen LogP contribution >= 0.6 is 27.5 Å². The molecule has 19 heavy (non-hydrogen) atoms. The molecule has 0 saturated carbocycles. The zero-order chi connectivity index (χ0) is 14.0. The third-order valence-corrected chi connectivity index (χ3v) is 3.10. The normalized spacial score (nSPS) is 10.2. The van der Waals surface area contributed by atoms with E-state index in [1.54, 1.807) is 0 Å². The lowest BCUT2D eigenvalue weighted by molar-refractivity contribution is -0.384. The second kappa shape index (κ2) is 5.37. The van der Waals surface area contributed by atoms with Gasteiger partial charge in [0.25, 0.3) is 11.2 Å². The van der Waals surface area contributed by atoms with Crippen LogP contribution < -0.4 is 10.3 Å². The molecule has 2 aromatic rings. The molecule has 0 fully saturated rings. The molecule has 0 atom stereocenters. The third kappa shape index (κ3) is 2.91. The molecule has 0 bridgehead atoms. The van der Waals surface area contributed by atoms with Crippen molar-refractivity contribution in [3.63, 3.8) is 0 Å². The van der Waals surface area contributed by atoms with E-state index in [1.165, 1.54) is 24.5 Å². The van der Waals surface area contributed by atoms with E-state index in [0.29, 0.717) is 0 Å². The summed E-state index contributed by atoms with van der Waals surface area (Å²) in [6, 6.07) is 3.84. The molecule has 0 amide bonds. The van der Waals surface area contributed by atoms with Crippen LogP contribution in [0, 0.1) is 10.1 Å². The topological polar surface area (TPSA) is 98.1 Å². The minimum absolute atomic E-state index is 0.0358. The zero-order valence-corrected chi connectivity index (χ0v) is 11.4. The van der Waals surface area contributed by atoms with E-state index in [9.17, 15) is 14.9 Å². The van der Waals surface area contributed by atoms with Gasteiger partial charge in [0.2, 0.25) is 5.88 Å². The Bertz CT molecular complexity index is 703. The number of nitrogens with zero attached hydrogens (tertiary/aromatic N) is 2. The van der Waals surface area contributed by atoms with Crippen molar-refractivity contribution in [3.8, 4) is 11.6 Å². The highest BCUT2D eigenvalue weighted by molar-refractivity contribution is 9.10. The number of hydrogen-bond acceptors (Lipinski definition) is 5. The molecule has 1 aromatic heterocycles. The van der Waals surface area contributed by atoms with Crippen LogP contribution in [-0.2, 0) is 0 Å². The molecule has 2 rings (SSSR count). The summed E-state index contributed by atoms with van der Waals surface area (Å²) in [5.41, 5.74) is -0.634. The van der Waals surface area contributed by atoms with E-state index in [-0.39, 0.29) is 26.8 Å². The first-order valence-corrected chi connectivity index (χ1v) is 6.01. The molecule has 1 heterocycles. The molecule has 98 valence electrons. The van der Waals surface area contributed by atoms with Crippen LogP contribution in [0.15, 0.2) is 33.8 Å². The average molecular weight is 347 g/mol. The van der Waals surface area contributed by atoms with Crippen molar-refractivity contribution in [1.82, 2.24) is 9.97 Å². The van der Waals surface area contributed by atoms with E-state index in [2.05, 4.69) is 25.9 Å². The Kier molecular flexibility index (Phi) is 3.82. The predicted molar refractivity (Wildman–Crippen MR) is 70.7 cm³/mol. The van der Waals surface area contributed by atoms with Gasteiger partial charge in [0.05, 0.1) is 11.3 Å². The summed E-state index contributed by atoms with van der Waals surface area (Å²) in [5, 5.41) is 10.5. The first-order valence-electron chi connectivity index (χ1n) is 4.84. The summed E-state index contributed by atoms with van der Waals surface area (Å²) >= 11 is 8.76. The van der Waals surface area contributed by atoms with E-state index in [0.717, 1.165) is 0 Å². The van der Waals surface area contributed by atoms with Gasteiger partial charge in [-0.25, -0.2) is 4.98 Å². The van der Waals surface area contributed by atoms with Crippen LogP contribution in [0.4, 0.5) is 5.69 Å². The summed E-state index contributed by atoms with van der Waals surface area (Å²) in [4.78, 5) is 27.5. The Morgan fingerprint density at radius 1 is 1.47 bits per heavy atom. The monoisotopic (exact) mass is 345 g/mol. The second-order valence-electron chi connectivity index (χ2n) is 3.32. The van der Waals surface area contributed by atoms with E-state index < -0.39 is 10.5 Å². The number of halogens is 2. The first kappa shape index (κ1) is 13.5. The minimum atomic E-state index is -0.604. The number of ether oxygens (including phenoxy) is 1. The summed E-state index contributed by atoms with van der Waals surface area (Å²) in [7, 11) is 0. The predicted octanol–water partition coefficient (Wildman–Crippen LogP) is 2.89. The van der Waals surface area contributed by atoms with Gasteiger partial charge in [-0.1, -0.05) is 11.6 Å². The van der Waals surface area contributed by atoms with Crippen molar-refractivity contribution < 1.29 is 9.66 Å². The van der Waals surface area contributed by atoms with Gasteiger partial charge in [0.15, 0.2) is 0 Å². The number of H-pyrrole nitrogens is 1. The van der Waals surface area contributed by atoms with Crippen molar-refractivity contribution >= 4 is 33.2 Å². The van der Waals surface area contributed by atoms with Crippen molar-refractivity contribution in [2.75, 3.05) is 0 Å². The number of rotatable bonds is 3. The van der Waals surface area contributed by atoms with Crippen molar-refractivity contribution in [1.29, 1.82) is 0 Å². The molecule has 1 N–H and O–H groups in total. The lowest BCUT2D eigenvalue weighted by Crippen LogP contribution is -2.08. The van der Waals surface area contributed by atoms with Gasteiger partial charge in [0, 0.05) is 12.1 Å². The summed E-state index contributed by atoms with van der Waals surface area (Å²) in [6.45, 7) is 0. The van der Waals surface area contributed by atoms with Crippen LogP contribution in [-0.4, -0.2) is 14.9 Å². The Morgan fingerprint density at radius 3 is 2.84 bits per heavy atom. The van der Waals surface area contributed by atoms with Gasteiger partial charge in [-0.05, 0) is 22.0 Å². The fourth-order valence-corrected chi connectivity index (χ4v) is 1.79. The van der Waals surface area contributed by atoms with Gasteiger partial charge in [-0.2, -0.15) is 0 Å². The smallest absolute Gasteiger partial charge is 0.288 e. The highest BCUT2D eigenvalue weighted by Gasteiger charge is 2.14. The molecule has 0 aliphatic carbocycles. The molecule has 0 aliphatic rings. The number of aromatic nitrogens is 2. The van der Waals surface area contributed by atoms with Crippen LogP contribution in [0.1, 0.15) is 0 Å². The molecule has 0 radical (unpaired) electrons. The van der Waals surface area contributed by atoms with Crippen LogP contribution in [0.2, 0.25) is 5.02 Å². The van der Waals surface area contributed by atoms with Crippen LogP contribution in [0.3, 0.4) is 0 Å². The Balaban J connectivity index is 2.34. The molecular weight excluding hydrogens is 341 g/mol. The van der Waals surface area contributed by atoms with Crippen molar-refractivity contribution in [2.24, 2.45) is 0 Å². The number of benzene rings is 1. The molecule has 9 heteroatoms. The van der Waals surface area contributed by atoms with Crippen LogP contribution in [0.25, 0.3) is 0 Å². The SMILES string of the molecule is O=c1[nH]cnc(Oc2ccc([N+](=O)[O-])c(Cl)c2)c1Br. The lowest BCUT2D eigenvalue weighted by atomic mass is 10.3. The number of nitro groups is 1. The summed E-state index contributed by atoms with van der Waals surface area (Å²) in [6.07, 6.45) is 1.18. The zero-order valence-electron chi connectivity index (χ0n) is 9.09. The maximum Gasteiger partial charge on any atom is 0.288 e. The maximum absolute atomic E-state index is 11.3. The van der Waals surface area contributed by atoms with Gasteiger partial charge in [-0.15, -0.1) is 0 Å². The quantitative estimate of drug-likeness (QED) is 0.680. The third-order valence-electron chi connectivity index (χ3n) is 2.09. The molecule has 0 aliphatic heterocycles. The highest BCUT2D eigenvalue weighted by atomic mass is 79.9. The minimum Gasteiger partial charge on any atom is -0.438 e. The molecule has 0 unspecified atom stereocenters. The van der Waals surface area contributed by atoms with Crippen molar-refractivity contribution in [2.45, 2.75) is 0 Å². The molecule has 7 nitrogen and oxygen atoms in total. The average Bonchev–Trinajstić information content (AvgIpc) is 2.34. The van der Waals surface area contributed by atoms with Crippen molar-refractivity contribution in [3.05, 3.63) is 54.5 Å². The van der Waals surface area contributed by atoms with Gasteiger partial charge >= 0.3 is 0 Å². The van der Waals surface area contributed by atoms with Gasteiger partial charge in [-0.3, -0.25) is 14.9 Å². The van der Waals surface area contributed by atoms with E-state index in [4.69, 9.17) is 16.3 Å². The summed E-state index contributed by atoms with van der Waals surface area (Å²) < 4.78 is 5.44. The van der Waals surface area contributed by atoms with E-state index in [1.807, 2.05) is 0 Å². The van der Waals surface area contributed by atoms with Crippen LogP contribution in [0.5, 0.6) is 11.6 Å². The lowest BCUT2D eigenvalue weighted by Gasteiger charge is -2.05. The highest BCUT2D eigenvalue weighted by Crippen LogP contribution is 2.31. The van der Waals surface area contributed by atoms with Gasteiger partial charge < -0.3 is 9.72 Å². The molecule has 1 aromatic carbocycles. The Morgan fingerprint density at radius 2 is 2.21 bits per heavy atom. The number of nitro benzene ring substituents is 1. The maximum atomic E-state index is 11.3. The number of hydrogen-bond donors (Lipinski definition) is 1. The second-order valence-corrected chi connectivity index (χ2v) is 4.52. The molecular formula is C10H5BrClN3O4. The molecule has 0 saturated heterocycles. The fraction of sp³-hybridized carbons (Fsp3) is 0. The largest absolute Gasteiger partial charge is 0.438 e. The standard InChI is InChI=1S/C10H5BrClN3O4/c11-8-9(16)13-4-14-10(8)19-5-1-2-7(15(17)18)6(12)3-5/h1-4H,(H,13,14,16). The summed E-state index contributed by atoms with van der Waals surface area (Å²) in [5.74, 6) is 0.267. The number of aromatic amines is 1. The van der Waals surface area contributed by atoms with E-state index >= 15 is 0 Å². The Hall–Kier alpha value is -1.93. The first-order chi connectivity index (χ1) is 8.99. The van der Waals surface area contributed by atoms with Gasteiger partial charge in [0.1, 0.15) is 15.2 Å².